The van der Waals surface area contributed by atoms with E-state index < -0.39 is 17.6 Å². The Bertz CT molecular complexity index is 607. The summed E-state index contributed by atoms with van der Waals surface area (Å²) in [5.41, 5.74) is 0.0371. The van der Waals surface area contributed by atoms with Crippen molar-refractivity contribution in [3.05, 3.63) is 47.8 Å². The van der Waals surface area contributed by atoms with E-state index in [-0.39, 0.29) is 15.6 Å². The maximum atomic E-state index is 13.3. The summed E-state index contributed by atoms with van der Waals surface area (Å²) >= 11 is 0.827. The summed E-state index contributed by atoms with van der Waals surface area (Å²) in [5, 5.41) is 9.00. The molecule has 0 saturated carbocycles. The molecule has 2 aromatic rings. The molecule has 0 aliphatic rings. The first kappa shape index (κ1) is 12.4. The molecule has 0 amide bonds. The summed E-state index contributed by atoms with van der Waals surface area (Å²) in [7, 11) is 0. The molecule has 0 atom stereocenters. The smallest absolute Gasteiger partial charge is 0.335 e. The maximum Gasteiger partial charge on any atom is 0.335 e. The van der Waals surface area contributed by atoms with Gasteiger partial charge in [0.15, 0.2) is 5.82 Å². The number of carboxylic acids is 1. The molecular formula is C11H6F2N2O2S. The van der Waals surface area contributed by atoms with E-state index in [9.17, 15) is 13.6 Å². The third-order valence-electron chi connectivity index (χ3n) is 1.96. The molecule has 0 bridgehead atoms. The molecule has 0 fully saturated rings. The fourth-order valence-electron chi connectivity index (χ4n) is 1.17. The van der Waals surface area contributed by atoms with Crippen molar-refractivity contribution in [1.29, 1.82) is 0 Å². The normalized spacial score (nSPS) is 10.3. The van der Waals surface area contributed by atoms with Gasteiger partial charge >= 0.3 is 5.97 Å². The van der Waals surface area contributed by atoms with E-state index in [4.69, 9.17) is 5.11 Å². The van der Waals surface area contributed by atoms with Crippen LogP contribution >= 0.6 is 11.8 Å². The highest BCUT2D eigenvalue weighted by Gasteiger charge is 2.10. The largest absolute Gasteiger partial charge is 0.478 e. The number of hydrogen-bond acceptors (Lipinski definition) is 4. The van der Waals surface area contributed by atoms with Crippen molar-refractivity contribution in [2.24, 2.45) is 0 Å². The van der Waals surface area contributed by atoms with Gasteiger partial charge in [-0.2, -0.15) is 0 Å². The summed E-state index contributed by atoms with van der Waals surface area (Å²) < 4.78 is 26.0. The van der Waals surface area contributed by atoms with Gasteiger partial charge in [-0.15, -0.1) is 0 Å². The van der Waals surface area contributed by atoms with Crippen molar-refractivity contribution in [2.45, 2.75) is 10.1 Å². The third kappa shape index (κ3) is 2.80. The van der Waals surface area contributed by atoms with E-state index in [0.29, 0.717) is 6.07 Å². The van der Waals surface area contributed by atoms with Crippen LogP contribution in [0.25, 0.3) is 0 Å². The monoisotopic (exact) mass is 268 g/mol. The van der Waals surface area contributed by atoms with E-state index in [2.05, 4.69) is 9.97 Å². The Morgan fingerprint density at radius 2 is 2.06 bits per heavy atom. The van der Waals surface area contributed by atoms with Gasteiger partial charge in [0.1, 0.15) is 15.9 Å². The second kappa shape index (κ2) is 5.09. The topological polar surface area (TPSA) is 63.1 Å². The third-order valence-corrected chi connectivity index (χ3v) is 2.88. The number of carboxylic acid groups (broad SMARTS) is 1. The molecule has 2 rings (SSSR count). The van der Waals surface area contributed by atoms with Gasteiger partial charge in [-0.1, -0.05) is 0 Å². The minimum atomic E-state index is -1.10. The number of nitrogens with zero attached hydrogens (tertiary/aromatic N) is 2. The quantitative estimate of drug-likeness (QED) is 0.927. The molecule has 4 nitrogen and oxygen atoms in total. The van der Waals surface area contributed by atoms with Gasteiger partial charge < -0.3 is 5.11 Å². The number of aromatic nitrogens is 2. The number of carbonyl (C=O) groups is 1. The lowest BCUT2D eigenvalue weighted by Gasteiger charge is -2.02. The molecule has 0 radical (unpaired) electrons. The van der Waals surface area contributed by atoms with Gasteiger partial charge in [-0.25, -0.2) is 23.5 Å². The number of pyridine rings is 2. The fourth-order valence-corrected chi connectivity index (χ4v) is 1.93. The molecule has 0 aliphatic heterocycles. The molecule has 7 heteroatoms. The second-order valence-electron chi connectivity index (χ2n) is 3.23. The first-order valence-corrected chi connectivity index (χ1v) is 5.56. The Labute approximate surface area is 105 Å². The van der Waals surface area contributed by atoms with Gasteiger partial charge in [-0.3, -0.25) is 0 Å². The van der Waals surface area contributed by atoms with Crippen LogP contribution in [0.3, 0.4) is 0 Å². The second-order valence-corrected chi connectivity index (χ2v) is 4.24. The number of rotatable bonds is 3. The summed E-state index contributed by atoms with van der Waals surface area (Å²) in [6.45, 7) is 0. The lowest BCUT2D eigenvalue weighted by atomic mass is 10.3. The number of halogens is 2. The van der Waals surface area contributed by atoms with Gasteiger partial charge in [0.25, 0.3) is 0 Å². The lowest BCUT2D eigenvalue weighted by molar-refractivity contribution is 0.0696. The Morgan fingerprint density at radius 3 is 2.72 bits per heavy atom. The van der Waals surface area contributed by atoms with Gasteiger partial charge in [0, 0.05) is 12.3 Å². The van der Waals surface area contributed by atoms with Crippen molar-refractivity contribution in [2.75, 3.05) is 0 Å². The molecule has 0 saturated heterocycles. The zero-order valence-corrected chi connectivity index (χ0v) is 9.62. The Kier molecular flexibility index (Phi) is 3.52. The SMILES string of the molecule is O=C(O)c1ccnc(Sc2ncc(F)cc2F)c1. The molecule has 18 heavy (non-hydrogen) atoms. The highest BCUT2D eigenvalue weighted by molar-refractivity contribution is 7.99. The van der Waals surface area contributed by atoms with E-state index >= 15 is 0 Å². The molecule has 0 spiro atoms. The van der Waals surface area contributed by atoms with Gasteiger partial charge in [-0.05, 0) is 23.9 Å². The average Bonchev–Trinajstić information content (AvgIpc) is 2.33. The van der Waals surface area contributed by atoms with Crippen molar-refractivity contribution >= 4 is 17.7 Å². The van der Waals surface area contributed by atoms with Crippen molar-refractivity contribution < 1.29 is 18.7 Å². The number of aromatic carboxylic acids is 1. The Hall–Kier alpha value is -2.02. The highest BCUT2D eigenvalue weighted by atomic mass is 32.2. The van der Waals surface area contributed by atoms with Crippen LogP contribution in [0.2, 0.25) is 0 Å². The predicted molar refractivity (Wildman–Crippen MR) is 59.5 cm³/mol. The van der Waals surface area contributed by atoms with Crippen LogP contribution in [0.1, 0.15) is 10.4 Å². The van der Waals surface area contributed by atoms with E-state index in [1.165, 1.54) is 18.3 Å². The molecule has 1 N–H and O–H groups in total. The molecule has 92 valence electrons. The molecule has 0 unspecified atom stereocenters. The standard InChI is InChI=1S/C11H6F2N2O2S/c12-7-4-8(13)10(15-5-7)18-9-3-6(11(16)17)1-2-14-9/h1-5H,(H,16,17). The summed E-state index contributed by atoms with van der Waals surface area (Å²) in [6, 6.07) is 3.31. The van der Waals surface area contributed by atoms with Crippen LogP contribution in [0, 0.1) is 11.6 Å². The summed E-state index contributed by atoms with van der Waals surface area (Å²) in [5.74, 6) is -2.70. The first-order chi connectivity index (χ1) is 8.56. The van der Waals surface area contributed by atoms with Crippen molar-refractivity contribution in [3.8, 4) is 0 Å². The molecule has 0 aliphatic carbocycles. The molecular weight excluding hydrogens is 262 g/mol. The fraction of sp³-hybridized carbons (Fsp3) is 0. The zero-order valence-electron chi connectivity index (χ0n) is 8.80. The lowest BCUT2D eigenvalue weighted by Crippen LogP contribution is -1.97. The Balaban J connectivity index is 2.28. The minimum Gasteiger partial charge on any atom is -0.478 e. The zero-order chi connectivity index (χ0) is 13.1. The highest BCUT2D eigenvalue weighted by Crippen LogP contribution is 2.26. The molecule has 0 aromatic carbocycles. The maximum absolute atomic E-state index is 13.3. The summed E-state index contributed by atoms with van der Waals surface area (Å²) in [4.78, 5) is 18.2. The van der Waals surface area contributed by atoms with Gasteiger partial charge in [0.05, 0.1) is 11.8 Å². The van der Waals surface area contributed by atoms with Crippen LogP contribution in [-0.2, 0) is 0 Å². The van der Waals surface area contributed by atoms with Crippen LogP contribution in [0.4, 0.5) is 8.78 Å². The van der Waals surface area contributed by atoms with Crippen LogP contribution in [0.15, 0.2) is 40.6 Å². The van der Waals surface area contributed by atoms with Crippen LogP contribution < -0.4 is 0 Å². The van der Waals surface area contributed by atoms with Crippen LogP contribution in [0.5, 0.6) is 0 Å². The molecule has 2 heterocycles. The number of hydrogen-bond donors (Lipinski definition) is 1. The van der Waals surface area contributed by atoms with Crippen molar-refractivity contribution in [3.63, 3.8) is 0 Å². The van der Waals surface area contributed by atoms with E-state index in [1.54, 1.807) is 0 Å². The first-order valence-electron chi connectivity index (χ1n) is 4.74. The van der Waals surface area contributed by atoms with Crippen LogP contribution in [-0.4, -0.2) is 21.0 Å². The average molecular weight is 268 g/mol. The van der Waals surface area contributed by atoms with E-state index in [1.807, 2.05) is 0 Å². The van der Waals surface area contributed by atoms with Gasteiger partial charge in [0.2, 0.25) is 0 Å². The molecule has 2 aromatic heterocycles. The minimum absolute atomic E-state index is 0.0371. The summed E-state index contributed by atoms with van der Waals surface area (Å²) in [6.07, 6.45) is 2.18. The Morgan fingerprint density at radius 1 is 1.28 bits per heavy atom. The van der Waals surface area contributed by atoms with E-state index in [0.717, 1.165) is 18.0 Å². The predicted octanol–water partition coefficient (Wildman–Crippen LogP) is 2.60. The van der Waals surface area contributed by atoms with Crippen molar-refractivity contribution in [1.82, 2.24) is 9.97 Å².